The number of hydrogen-bond donors (Lipinski definition) is 2. The maximum Gasteiger partial charge on any atom is 0.251 e. The molecule has 0 heterocycles. The minimum absolute atomic E-state index is 0.0997. The molecule has 0 saturated carbocycles. The monoisotopic (exact) mass is 195 g/mol. The fraction of sp³-hybridized carbons (Fsp3) is 0.300. The highest BCUT2D eigenvalue weighted by molar-refractivity contribution is 5.80. The Morgan fingerprint density at radius 2 is 2.07 bits per heavy atom. The molecule has 76 valence electrons. The molecule has 1 atom stereocenters. The Bertz CT molecular complexity index is 287. The van der Waals surface area contributed by atoms with Gasteiger partial charge in [0.25, 0.3) is 5.91 Å². The molecular formula is C10H13NO3. The Hall–Kier alpha value is -1.39. The van der Waals surface area contributed by atoms with Crippen LogP contribution in [0.5, 0.6) is 0 Å². The summed E-state index contributed by atoms with van der Waals surface area (Å²) in [5, 5.41) is 8.57. The van der Waals surface area contributed by atoms with E-state index >= 15 is 0 Å². The highest BCUT2D eigenvalue weighted by Crippen LogP contribution is 2.15. The molecule has 0 aliphatic heterocycles. The van der Waals surface area contributed by atoms with E-state index < -0.39 is 12.0 Å². The first-order chi connectivity index (χ1) is 6.75. The fourth-order valence-electron chi connectivity index (χ4n) is 1.14. The third kappa shape index (κ3) is 2.83. The van der Waals surface area contributed by atoms with Crippen LogP contribution in [-0.2, 0) is 9.53 Å². The van der Waals surface area contributed by atoms with Gasteiger partial charge in [0.05, 0.1) is 13.2 Å². The van der Waals surface area contributed by atoms with Crippen molar-refractivity contribution in [1.29, 1.82) is 0 Å². The van der Waals surface area contributed by atoms with E-state index in [9.17, 15) is 4.79 Å². The number of rotatable bonds is 5. The summed E-state index contributed by atoms with van der Waals surface area (Å²) in [5.74, 6) is -0.551. The summed E-state index contributed by atoms with van der Waals surface area (Å²) in [6.45, 7) is -0.0287. The fourth-order valence-corrected chi connectivity index (χ4v) is 1.14. The lowest BCUT2D eigenvalue weighted by atomic mass is 10.1. The summed E-state index contributed by atoms with van der Waals surface area (Å²) in [6, 6.07) is 8.95. The molecule has 1 rings (SSSR count). The molecule has 3 N–H and O–H groups in total. The highest BCUT2D eigenvalue weighted by Gasteiger charge is 2.17. The SMILES string of the molecule is NC(=O)C(OCCO)c1ccccc1. The standard InChI is InChI=1S/C10H13NO3/c11-10(13)9(14-7-6-12)8-4-2-1-3-5-8/h1-5,9,12H,6-7H2,(H2,11,13). The van der Waals surface area contributed by atoms with Crippen LogP contribution >= 0.6 is 0 Å². The zero-order valence-corrected chi connectivity index (χ0v) is 7.72. The minimum Gasteiger partial charge on any atom is -0.394 e. The van der Waals surface area contributed by atoms with E-state index in [1.165, 1.54) is 0 Å². The van der Waals surface area contributed by atoms with Crippen LogP contribution in [0.4, 0.5) is 0 Å². The van der Waals surface area contributed by atoms with Crippen molar-refractivity contribution in [2.24, 2.45) is 5.73 Å². The third-order valence-electron chi connectivity index (χ3n) is 1.74. The van der Waals surface area contributed by atoms with E-state index in [4.69, 9.17) is 15.6 Å². The lowest BCUT2D eigenvalue weighted by molar-refractivity contribution is -0.130. The van der Waals surface area contributed by atoms with Crippen molar-refractivity contribution in [3.63, 3.8) is 0 Å². The van der Waals surface area contributed by atoms with Crippen LogP contribution in [0.1, 0.15) is 11.7 Å². The predicted octanol–water partition coefficient (Wildman–Crippen LogP) is 0.222. The van der Waals surface area contributed by atoms with Crippen molar-refractivity contribution in [2.45, 2.75) is 6.10 Å². The van der Waals surface area contributed by atoms with Crippen LogP contribution < -0.4 is 5.73 Å². The van der Waals surface area contributed by atoms with Crippen LogP contribution in [0.15, 0.2) is 30.3 Å². The molecule has 0 fully saturated rings. The van der Waals surface area contributed by atoms with Crippen molar-refractivity contribution in [3.05, 3.63) is 35.9 Å². The second-order valence-electron chi connectivity index (χ2n) is 2.79. The molecule has 0 spiro atoms. The van der Waals surface area contributed by atoms with E-state index in [2.05, 4.69) is 0 Å². The summed E-state index contributed by atoms with van der Waals surface area (Å²) >= 11 is 0. The summed E-state index contributed by atoms with van der Waals surface area (Å²) in [7, 11) is 0. The molecule has 0 aliphatic carbocycles. The number of aliphatic hydroxyl groups is 1. The first-order valence-electron chi connectivity index (χ1n) is 4.32. The summed E-state index contributed by atoms with van der Waals surface area (Å²) in [5.41, 5.74) is 5.87. The van der Waals surface area contributed by atoms with Crippen LogP contribution in [0.3, 0.4) is 0 Å². The maximum atomic E-state index is 11.0. The normalized spacial score (nSPS) is 12.4. The number of amides is 1. The molecule has 0 bridgehead atoms. The van der Waals surface area contributed by atoms with Crippen molar-refractivity contribution < 1.29 is 14.6 Å². The lowest BCUT2D eigenvalue weighted by Crippen LogP contribution is -2.24. The average molecular weight is 195 g/mol. The van der Waals surface area contributed by atoms with Gasteiger partial charge in [-0.25, -0.2) is 0 Å². The molecule has 1 unspecified atom stereocenters. The number of nitrogens with two attached hydrogens (primary N) is 1. The van der Waals surface area contributed by atoms with Gasteiger partial charge in [-0.15, -0.1) is 0 Å². The molecule has 1 amide bonds. The molecule has 0 aromatic heterocycles. The number of carbonyl (C=O) groups excluding carboxylic acids is 1. The van der Waals surface area contributed by atoms with Crippen molar-refractivity contribution >= 4 is 5.91 Å². The van der Waals surface area contributed by atoms with Gasteiger partial charge in [-0.2, -0.15) is 0 Å². The zero-order chi connectivity index (χ0) is 10.4. The van der Waals surface area contributed by atoms with Gasteiger partial charge < -0.3 is 15.6 Å². The number of aliphatic hydroxyl groups excluding tert-OH is 1. The van der Waals surface area contributed by atoms with Gasteiger partial charge >= 0.3 is 0 Å². The van der Waals surface area contributed by atoms with E-state index in [-0.39, 0.29) is 13.2 Å². The van der Waals surface area contributed by atoms with Gasteiger partial charge in [-0.05, 0) is 5.56 Å². The van der Waals surface area contributed by atoms with Gasteiger partial charge in [0.2, 0.25) is 0 Å². The molecule has 0 saturated heterocycles. The summed E-state index contributed by atoms with van der Waals surface area (Å²) < 4.78 is 5.11. The number of primary amides is 1. The maximum absolute atomic E-state index is 11.0. The van der Waals surface area contributed by atoms with Gasteiger partial charge in [0, 0.05) is 0 Å². The molecule has 4 nitrogen and oxygen atoms in total. The Morgan fingerprint density at radius 3 is 2.57 bits per heavy atom. The number of carbonyl (C=O) groups is 1. The zero-order valence-electron chi connectivity index (χ0n) is 7.72. The van der Waals surface area contributed by atoms with Gasteiger partial charge in [0.1, 0.15) is 0 Å². The summed E-state index contributed by atoms with van der Waals surface area (Å²) in [4.78, 5) is 11.0. The Morgan fingerprint density at radius 1 is 1.43 bits per heavy atom. The van der Waals surface area contributed by atoms with Crippen LogP contribution in [0, 0.1) is 0 Å². The highest BCUT2D eigenvalue weighted by atomic mass is 16.5. The largest absolute Gasteiger partial charge is 0.394 e. The van der Waals surface area contributed by atoms with Gasteiger partial charge in [-0.1, -0.05) is 30.3 Å². The molecule has 0 radical (unpaired) electrons. The second kappa shape index (κ2) is 5.36. The Labute approximate surface area is 82.3 Å². The van der Waals surface area contributed by atoms with Crippen LogP contribution in [-0.4, -0.2) is 24.2 Å². The van der Waals surface area contributed by atoms with Gasteiger partial charge in [-0.3, -0.25) is 4.79 Å². The molecule has 4 heteroatoms. The first-order valence-corrected chi connectivity index (χ1v) is 4.32. The topological polar surface area (TPSA) is 72.6 Å². The molecule has 14 heavy (non-hydrogen) atoms. The second-order valence-corrected chi connectivity index (χ2v) is 2.79. The average Bonchev–Trinajstić information content (AvgIpc) is 2.19. The molecule has 1 aromatic carbocycles. The van der Waals surface area contributed by atoms with E-state index in [1.807, 2.05) is 6.07 Å². The summed E-state index contributed by atoms with van der Waals surface area (Å²) in [6.07, 6.45) is -0.775. The lowest BCUT2D eigenvalue weighted by Gasteiger charge is -2.13. The van der Waals surface area contributed by atoms with Crippen molar-refractivity contribution in [1.82, 2.24) is 0 Å². The smallest absolute Gasteiger partial charge is 0.251 e. The molecule has 0 aliphatic rings. The quantitative estimate of drug-likeness (QED) is 0.706. The Kier molecular flexibility index (Phi) is 4.10. The number of benzene rings is 1. The molecular weight excluding hydrogens is 182 g/mol. The Balaban J connectivity index is 2.73. The van der Waals surface area contributed by atoms with E-state index in [0.29, 0.717) is 5.56 Å². The number of hydrogen-bond acceptors (Lipinski definition) is 3. The van der Waals surface area contributed by atoms with Crippen molar-refractivity contribution in [2.75, 3.05) is 13.2 Å². The van der Waals surface area contributed by atoms with Crippen LogP contribution in [0.2, 0.25) is 0 Å². The minimum atomic E-state index is -0.775. The third-order valence-corrected chi connectivity index (χ3v) is 1.74. The van der Waals surface area contributed by atoms with Gasteiger partial charge in [0.15, 0.2) is 6.10 Å². The molecule has 1 aromatic rings. The first kappa shape index (κ1) is 10.7. The number of ether oxygens (including phenoxy) is 1. The van der Waals surface area contributed by atoms with Crippen molar-refractivity contribution in [3.8, 4) is 0 Å². The van der Waals surface area contributed by atoms with E-state index in [0.717, 1.165) is 0 Å². The predicted molar refractivity (Wildman–Crippen MR) is 51.4 cm³/mol. The van der Waals surface area contributed by atoms with E-state index in [1.54, 1.807) is 24.3 Å². The van der Waals surface area contributed by atoms with Crippen LogP contribution in [0.25, 0.3) is 0 Å².